The van der Waals surface area contributed by atoms with E-state index in [-0.39, 0.29) is 0 Å². The van der Waals surface area contributed by atoms with Crippen molar-refractivity contribution in [3.63, 3.8) is 0 Å². The first-order chi connectivity index (χ1) is 16.6. The number of rotatable bonds is 7. The van der Waals surface area contributed by atoms with Gasteiger partial charge in [-0.3, -0.25) is 4.57 Å². The van der Waals surface area contributed by atoms with Gasteiger partial charge in [0, 0.05) is 23.7 Å². The summed E-state index contributed by atoms with van der Waals surface area (Å²) >= 11 is 0. The minimum atomic E-state index is -0.591. The lowest BCUT2D eigenvalue weighted by atomic mass is 10.0. The van der Waals surface area contributed by atoms with Crippen molar-refractivity contribution < 1.29 is 14.3 Å². The van der Waals surface area contributed by atoms with Crippen molar-refractivity contribution in [3.8, 4) is 17.0 Å². The summed E-state index contributed by atoms with van der Waals surface area (Å²) in [5, 5.41) is 0.914. The average Bonchev–Trinajstić information content (AvgIpc) is 3.40. The Morgan fingerprint density at radius 1 is 1.09 bits per heavy atom. The number of aryl methyl sites for hydroxylation is 1. The van der Waals surface area contributed by atoms with Crippen LogP contribution in [0.4, 0.5) is 4.79 Å². The standard InChI is InChI=1S/C29H35N3O3/c1-7-31-19-30-16-27(31)25-17-32(28(33)35-29(4,5)6)26-12-11-23(15-24(25)26)34-18-22-10-8-9-21(14-22)13-20(2)3/h8-12,14-17,19-20H,7,13,18H2,1-6H3. The number of aromatic nitrogens is 3. The molecule has 0 saturated heterocycles. The van der Waals surface area contributed by atoms with E-state index in [2.05, 4.69) is 54.6 Å². The molecule has 0 atom stereocenters. The van der Waals surface area contributed by atoms with E-state index < -0.39 is 11.7 Å². The van der Waals surface area contributed by atoms with Crippen LogP contribution in [0.1, 0.15) is 52.7 Å². The minimum absolute atomic E-state index is 0.410. The van der Waals surface area contributed by atoms with E-state index in [1.165, 1.54) is 5.56 Å². The largest absolute Gasteiger partial charge is 0.489 e. The highest BCUT2D eigenvalue weighted by molar-refractivity contribution is 6.00. The number of carbonyl (C=O) groups excluding carboxylic acids is 1. The molecular formula is C29H35N3O3. The first-order valence-electron chi connectivity index (χ1n) is 12.2. The van der Waals surface area contributed by atoms with E-state index >= 15 is 0 Å². The number of benzene rings is 2. The zero-order valence-corrected chi connectivity index (χ0v) is 21.5. The summed E-state index contributed by atoms with van der Waals surface area (Å²) < 4.78 is 15.5. The number of ether oxygens (including phenoxy) is 2. The van der Waals surface area contributed by atoms with Crippen LogP contribution in [0.25, 0.3) is 22.2 Å². The second-order valence-electron chi connectivity index (χ2n) is 10.3. The molecule has 4 rings (SSSR count). The van der Waals surface area contributed by atoms with Gasteiger partial charge < -0.3 is 14.0 Å². The van der Waals surface area contributed by atoms with Crippen molar-refractivity contribution >= 4 is 17.0 Å². The minimum Gasteiger partial charge on any atom is -0.489 e. The molecule has 35 heavy (non-hydrogen) atoms. The van der Waals surface area contributed by atoms with Gasteiger partial charge in [0.05, 0.1) is 23.7 Å². The molecule has 0 saturated carbocycles. The van der Waals surface area contributed by atoms with Gasteiger partial charge in [0.15, 0.2) is 0 Å². The maximum atomic E-state index is 13.0. The summed E-state index contributed by atoms with van der Waals surface area (Å²) in [5.41, 5.74) is 4.49. The van der Waals surface area contributed by atoms with Gasteiger partial charge >= 0.3 is 6.09 Å². The molecule has 2 aromatic heterocycles. The van der Waals surface area contributed by atoms with E-state index in [1.807, 2.05) is 51.4 Å². The molecule has 0 aliphatic carbocycles. The lowest BCUT2D eigenvalue weighted by Crippen LogP contribution is -2.26. The van der Waals surface area contributed by atoms with Crippen LogP contribution in [0.2, 0.25) is 0 Å². The molecule has 0 aliphatic rings. The number of hydrogen-bond donors (Lipinski definition) is 0. The average molecular weight is 474 g/mol. The third-order valence-electron chi connectivity index (χ3n) is 5.74. The Balaban J connectivity index is 1.69. The monoisotopic (exact) mass is 473 g/mol. The van der Waals surface area contributed by atoms with Gasteiger partial charge in [-0.1, -0.05) is 38.1 Å². The fourth-order valence-corrected chi connectivity index (χ4v) is 4.25. The number of carbonyl (C=O) groups is 1. The lowest BCUT2D eigenvalue weighted by Gasteiger charge is -2.19. The second kappa shape index (κ2) is 9.98. The molecular weight excluding hydrogens is 438 g/mol. The fraction of sp³-hybridized carbons (Fsp3) is 0.379. The highest BCUT2D eigenvalue weighted by atomic mass is 16.6. The van der Waals surface area contributed by atoms with Crippen LogP contribution in [0, 0.1) is 5.92 Å². The molecule has 6 heteroatoms. The van der Waals surface area contributed by atoms with Gasteiger partial charge in [0.25, 0.3) is 0 Å². The van der Waals surface area contributed by atoms with Crippen LogP contribution < -0.4 is 4.74 Å². The maximum absolute atomic E-state index is 13.0. The molecule has 0 unspecified atom stereocenters. The van der Waals surface area contributed by atoms with Crippen LogP contribution in [0.15, 0.2) is 61.2 Å². The molecule has 0 spiro atoms. The van der Waals surface area contributed by atoms with Crippen LogP contribution in [-0.2, 0) is 24.3 Å². The normalized spacial score (nSPS) is 11.9. The highest BCUT2D eigenvalue weighted by Gasteiger charge is 2.22. The van der Waals surface area contributed by atoms with Crippen molar-refractivity contribution in [2.75, 3.05) is 0 Å². The molecule has 4 aromatic rings. The lowest BCUT2D eigenvalue weighted by molar-refractivity contribution is 0.0544. The van der Waals surface area contributed by atoms with Crippen LogP contribution in [0.5, 0.6) is 5.75 Å². The van der Waals surface area contributed by atoms with E-state index in [1.54, 1.807) is 10.9 Å². The molecule has 0 radical (unpaired) electrons. The molecule has 0 amide bonds. The molecule has 2 aromatic carbocycles. The summed E-state index contributed by atoms with van der Waals surface area (Å²) in [7, 11) is 0. The van der Waals surface area contributed by atoms with Crippen molar-refractivity contribution in [3.05, 3.63) is 72.3 Å². The van der Waals surface area contributed by atoms with E-state index in [0.29, 0.717) is 12.5 Å². The summed E-state index contributed by atoms with van der Waals surface area (Å²) in [6, 6.07) is 14.4. The summed E-state index contributed by atoms with van der Waals surface area (Å²) in [6.07, 6.45) is 6.10. The van der Waals surface area contributed by atoms with E-state index in [4.69, 9.17) is 9.47 Å². The Kier molecular flexibility index (Phi) is 7.01. The van der Waals surface area contributed by atoms with E-state index in [9.17, 15) is 4.79 Å². The predicted molar refractivity (Wildman–Crippen MR) is 140 cm³/mol. The Bertz CT molecular complexity index is 1320. The third-order valence-corrected chi connectivity index (χ3v) is 5.74. The number of hydrogen-bond acceptors (Lipinski definition) is 4. The Hall–Kier alpha value is -3.54. The summed E-state index contributed by atoms with van der Waals surface area (Å²) in [4.78, 5) is 17.3. The topological polar surface area (TPSA) is 58.3 Å². The molecule has 2 heterocycles. The zero-order valence-electron chi connectivity index (χ0n) is 21.5. The molecule has 0 fully saturated rings. The SMILES string of the molecule is CCn1cncc1-c1cn(C(=O)OC(C)(C)C)c2ccc(OCc3cccc(CC(C)C)c3)cc12. The Morgan fingerprint density at radius 2 is 1.86 bits per heavy atom. The predicted octanol–water partition coefficient (Wildman–Crippen LogP) is 7.09. The van der Waals surface area contributed by atoms with Gasteiger partial charge in [0.1, 0.15) is 18.0 Å². The van der Waals surface area contributed by atoms with Gasteiger partial charge in [-0.15, -0.1) is 0 Å². The second-order valence-corrected chi connectivity index (χ2v) is 10.3. The first-order valence-corrected chi connectivity index (χ1v) is 12.2. The molecule has 0 bridgehead atoms. The van der Waals surface area contributed by atoms with Crippen molar-refractivity contribution in [2.45, 2.75) is 66.7 Å². The Labute approximate surface area is 207 Å². The van der Waals surface area contributed by atoms with Crippen molar-refractivity contribution in [1.82, 2.24) is 14.1 Å². The quantitative estimate of drug-likeness (QED) is 0.288. The Morgan fingerprint density at radius 3 is 2.57 bits per heavy atom. The van der Waals surface area contributed by atoms with Gasteiger partial charge in [-0.05, 0) is 69.4 Å². The molecule has 6 nitrogen and oxygen atoms in total. The smallest absolute Gasteiger partial charge is 0.419 e. The highest BCUT2D eigenvalue weighted by Crippen LogP contribution is 2.34. The van der Waals surface area contributed by atoms with E-state index in [0.717, 1.165) is 46.4 Å². The fourth-order valence-electron chi connectivity index (χ4n) is 4.25. The van der Waals surface area contributed by atoms with Crippen LogP contribution in [0.3, 0.4) is 0 Å². The number of nitrogens with zero attached hydrogens (tertiary/aromatic N) is 3. The van der Waals surface area contributed by atoms with Gasteiger partial charge in [0.2, 0.25) is 0 Å². The van der Waals surface area contributed by atoms with Crippen LogP contribution in [-0.4, -0.2) is 25.8 Å². The van der Waals surface area contributed by atoms with Crippen molar-refractivity contribution in [2.24, 2.45) is 5.92 Å². The van der Waals surface area contributed by atoms with Gasteiger partial charge in [-0.2, -0.15) is 0 Å². The first kappa shape index (κ1) is 24.6. The number of imidazole rings is 1. The molecule has 184 valence electrons. The third kappa shape index (κ3) is 5.76. The summed E-state index contributed by atoms with van der Waals surface area (Å²) in [6.45, 7) is 13.4. The van der Waals surface area contributed by atoms with Crippen molar-refractivity contribution in [1.29, 1.82) is 0 Å². The maximum Gasteiger partial charge on any atom is 0.419 e. The molecule has 0 aliphatic heterocycles. The summed E-state index contributed by atoms with van der Waals surface area (Å²) in [5.74, 6) is 1.36. The number of fused-ring (bicyclic) bond motifs is 1. The van der Waals surface area contributed by atoms with Gasteiger partial charge in [-0.25, -0.2) is 9.78 Å². The van der Waals surface area contributed by atoms with Crippen LogP contribution >= 0.6 is 0 Å². The molecule has 0 N–H and O–H groups in total. The zero-order chi connectivity index (χ0) is 25.2.